The van der Waals surface area contributed by atoms with Crippen molar-refractivity contribution in [1.29, 1.82) is 0 Å². The van der Waals surface area contributed by atoms with Crippen molar-refractivity contribution in [3.63, 3.8) is 0 Å². The first-order chi connectivity index (χ1) is 5.67. The molecule has 0 fully saturated rings. The van der Waals surface area contributed by atoms with E-state index in [1.165, 1.54) is 11.1 Å². The number of allylic oxidation sites excluding steroid dienone is 1. The van der Waals surface area contributed by atoms with Crippen molar-refractivity contribution in [2.75, 3.05) is 7.05 Å². The highest BCUT2D eigenvalue weighted by Crippen LogP contribution is 2.06. The first-order valence-electron chi connectivity index (χ1n) is 4.26. The molecule has 0 N–H and O–H groups in total. The molecule has 12 heavy (non-hydrogen) atoms. The maximum atomic E-state index is 11.5. The maximum absolute atomic E-state index is 11.5. The highest BCUT2D eigenvalue weighted by molar-refractivity contribution is 5.93. The van der Waals surface area contributed by atoms with Crippen molar-refractivity contribution in [2.24, 2.45) is 0 Å². The lowest BCUT2D eigenvalue weighted by molar-refractivity contribution is -0.123. The van der Waals surface area contributed by atoms with E-state index >= 15 is 0 Å². The molecule has 0 saturated heterocycles. The summed E-state index contributed by atoms with van der Waals surface area (Å²) in [5.74, 6) is 0.0503. The van der Waals surface area contributed by atoms with E-state index in [1.54, 1.807) is 7.05 Å². The predicted molar refractivity (Wildman–Crippen MR) is 51.6 cm³/mol. The number of carbonyl (C=O) groups excluding carboxylic acids is 1. The summed E-state index contributed by atoms with van der Waals surface area (Å²) in [4.78, 5) is 13.0. The second kappa shape index (κ2) is 5.58. The van der Waals surface area contributed by atoms with Crippen molar-refractivity contribution >= 4 is 5.91 Å². The molecule has 2 nitrogen and oxygen atoms in total. The van der Waals surface area contributed by atoms with Crippen LogP contribution in [0.5, 0.6) is 0 Å². The Hall–Kier alpha value is -1.05. The molecule has 0 aliphatic heterocycles. The van der Waals surface area contributed by atoms with Crippen LogP contribution in [0.4, 0.5) is 0 Å². The molecule has 0 saturated carbocycles. The van der Waals surface area contributed by atoms with E-state index in [4.69, 9.17) is 0 Å². The quantitative estimate of drug-likeness (QED) is 0.588. The summed E-state index contributed by atoms with van der Waals surface area (Å²) in [6.45, 7) is 7.54. The third-order valence-corrected chi connectivity index (χ3v) is 1.70. The average Bonchev–Trinajstić information content (AvgIpc) is 2.11. The number of amides is 1. The summed E-state index contributed by atoms with van der Waals surface area (Å²) in [5.41, 5.74) is 0.861. The van der Waals surface area contributed by atoms with Gasteiger partial charge < -0.3 is 4.90 Å². The molecule has 1 amide bonds. The van der Waals surface area contributed by atoms with Crippen LogP contribution in [0, 0.1) is 0 Å². The van der Waals surface area contributed by atoms with Crippen LogP contribution in [0.2, 0.25) is 0 Å². The fraction of sp³-hybridized carbons (Fsp3) is 0.500. The summed E-state index contributed by atoms with van der Waals surface area (Å²) >= 11 is 0. The lowest BCUT2D eigenvalue weighted by Crippen LogP contribution is -2.22. The molecular weight excluding hydrogens is 150 g/mol. The van der Waals surface area contributed by atoms with Gasteiger partial charge in [0.15, 0.2) is 0 Å². The molecule has 0 rings (SSSR count). The molecule has 0 unspecified atom stereocenters. The fourth-order valence-electron chi connectivity index (χ4n) is 0.939. The van der Waals surface area contributed by atoms with Gasteiger partial charge in [-0.15, -0.1) is 0 Å². The minimum absolute atomic E-state index is 0.0503. The zero-order valence-electron chi connectivity index (χ0n) is 8.13. The van der Waals surface area contributed by atoms with Gasteiger partial charge in [-0.3, -0.25) is 4.79 Å². The molecule has 0 aromatic rings. The van der Waals surface area contributed by atoms with Crippen molar-refractivity contribution in [2.45, 2.75) is 26.7 Å². The summed E-state index contributed by atoms with van der Waals surface area (Å²) in [6, 6.07) is 0. The van der Waals surface area contributed by atoms with Crippen LogP contribution in [-0.4, -0.2) is 17.9 Å². The van der Waals surface area contributed by atoms with Gasteiger partial charge in [0.2, 0.25) is 0 Å². The lowest BCUT2D eigenvalue weighted by atomic mass is 10.1. The fourth-order valence-corrected chi connectivity index (χ4v) is 0.939. The summed E-state index contributed by atoms with van der Waals surface area (Å²) in [5, 5.41) is 0. The Labute approximate surface area is 74.6 Å². The largest absolute Gasteiger partial charge is 0.319 e. The van der Waals surface area contributed by atoms with Gasteiger partial charge in [-0.1, -0.05) is 26.5 Å². The third-order valence-electron chi connectivity index (χ3n) is 1.70. The Morgan fingerprint density at radius 3 is 2.42 bits per heavy atom. The Kier molecular flexibility index (Phi) is 5.09. The summed E-state index contributed by atoms with van der Waals surface area (Å²) in [6.07, 6.45) is 5.18. The van der Waals surface area contributed by atoms with E-state index in [0.717, 1.165) is 18.4 Å². The molecule has 0 bridgehead atoms. The molecule has 68 valence electrons. The van der Waals surface area contributed by atoms with Crippen LogP contribution in [-0.2, 0) is 4.79 Å². The predicted octanol–water partition coefficient (Wildman–Crippen LogP) is 2.33. The Morgan fingerprint density at radius 2 is 2.08 bits per heavy atom. The summed E-state index contributed by atoms with van der Waals surface area (Å²) in [7, 11) is 1.72. The molecule has 0 aromatic carbocycles. The Bertz CT molecular complexity index is 194. The van der Waals surface area contributed by atoms with Gasteiger partial charge in [-0.25, -0.2) is 0 Å². The van der Waals surface area contributed by atoms with E-state index in [2.05, 4.69) is 6.58 Å². The van der Waals surface area contributed by atoms with E-state index in [0.29, 0.717) is 0 Å². The van der Waals surface area contributed by atoms with Crippen LogP contribution in [0.25, 0.3) is 0 Å². The van der Waals surface area contributed by atoms with E-state index < -0.39 is 0 Å². The minimum Gasteiger partial charge on any atom is -0.319 e. The highest BCUT2D eigenvalue weighted by Gasteiger charge is 2.08. The smallest absolute Gasteiger partial charge is 0.253 e. The molecule has 0 spiro atoms. The van der Waals surface area contributed by atoms with Crippen molar-refractivity contribution in [1.82, 2.24) is 4.90 Å². The van der Waals surface area contributed by atoms with E-state index in [1.807, 2.05) is 19.9 Å². The first-order valence-corrected chi connectivity index (χ1v) is 4.26. The molecule has 2 heteroatoms. The molecule has 0 aliphatic rings. The monoisotopic (exact) mass is 167 g/mol. The first kappa shape index (κ1) is 11.0. The van der Waals surface area contributed by atoms with Crippen LogP contribution >= 0.6 is 0 Å². The molecular formula is C10H17NO. The zero-order chi connectivity index (χ0) is 9.56. The van der Waals surface area contributed by atoms with Gasteiger partial charge in [-0.05, 0) is 19.0 Å². The maximum Gasteiger partial charge on any atom is 0.253 e. The van der Waals surface area contributed by atoms with Crippen molar-refractivity contribution in [3.05, 3.63) is 24.4 Å². The number of rotatable bonds is 4. The van der Waals surface area contributed by atoms with Gasteiger partial charge in [0, 0.05) is 12.6 Å². The Balaban J connectivity index is 4.41. The normalized spacial score (nSPS) is 11.1. The molecule has 0 heterocycles. The van der Waals surface area contributed by atoms with Crippen molar-refractivity contribution in [3.8, 4) is 0 Å². The van der Waals surface area contributed by atoms with Gasteiger partial charge >= 0.3 is 0 Å². The van der Waals surface area contributed by atoms with E-state index in [-0.39, 0.29) is 5.91 Å². The van der Waals surface area contributed by atoms with E-state index in [9.17, 15) is 4.79 Å². The topological polar surface area (TPSA) is 20.3 Å². The van der Waals surface area contributed by atoms with Gasteiger partial charge in [-0.2, -0.15) is 0 Å². The number of likely N-dealkylation sites (N-methyl/N-ethyl adjacent to an activating group) is 1. The number of hydrogen-bond acceptors (Lipinski definition) is 1. The average molecular weight is 167 g/mol. The number of hydrogen-bond donors (Lipinski definition) is 0. The molecule has 0 aliphatic carbocycles. The van der Waals surface area contributed by atoms with Crippen LogP contribution in [0.15, 0.2) is 24.4 Å². The van der Waals surface area contributed by atoms with Gasteiger partial charge in [0.05, 0.1) is 0 Å². The third kappa shape index (κ3) is 2.91. The number of carbonyl (C=O) groups is 1. The lowest BCUT2D eigenvalue weighted by Gasteiger charge is -2.12. The van der Waals surface area contributed by atoms with Crippen molar-refractivity contribution < 1.29 is 4.79 Å². The highest BCUT2D eigenvalue weighted by atomic mass is 16.2. The van der Waals surface area contributed by atoms with Crippen LogP contribution in [0.3, 0.4) is 0 Å². The SMILES string of the molecule is C=CN(C)C(=O)/C(=C\CC)CC. The standard InChI is InChI=1S/C10H17NO/c1-5-8-9(6-2)10(12)11(4)7-3/h7-8H,3,5-6H2,1-2,4H3/b9-8-. The summed E-state index contributed by atoms with van der Waals surface area (Å²) < 4.78 is 0. The minimum atomic E-state index is 0.0503. The number of nitrogens with zero attached hydrogens (tertiary/aromatic N) is 1. The van der Waals surface area contributed by atoms with Gasteiger partial charge in [0.1, 0.15) is 0 Å². The molecule has 0 radical (unpaired) electrons. The van der Waals surface area contributed by atoms with Gasteiger partial charge in [0.25, 0.3) is 5.91 Å². The van der Waals surface area contributed by atoms with Crippen LogP contribution in [0.1, 0.15) is 26.7 Å². The Morgan fingerprint density at radius 1 is 1.50 bits per heavy atom. The molecule has 0 aromatic heterocycles. The second-order valence-electron chi connectivity index (χ2n) is 2.59. The van der Waals surface area contributed by atoms with Crippen LogP contribution < -0.4 is 0 Å². The zero-order valence-corrected chi connectivity index (χ0v) is 8.13. The second-order valence-corrected chi connectivity index (χ2v) is 2.59. The molecule has 0 atom stereocenters.